The van der Waals surface area contributed by atoms with Gasteiger partial charge < -0.3 is 14.5 Å². The number of hydrogen-bond donors (Lipinski definition) is 0. The molecule has 0 unspecified atom stereocenters. The highest BCUT2D eigenvalue weighted by Gasteiger charge is 2.48. The zero-order chi connectivity index (χ0) is 25.8. The standard InChI is InChI=1S/C31H35N3O3/c1-22(2)20-33(21-23-10-5-3-6-11-23)30(35)26-15-18-34(27-16-19-37-29(26)27)31(36)25-14-9-17-32-28(25)24-12-7-4-8-13-24/h3-14,17,22,26-27,29H,15-16,18-21H2,1-2H3/t26-,27-,29-/m1/s1. The number of aromatic nitrogens is 1. The van der Waals surface area contributed by atoms with Gasteiger partial charge in [0.1, 0.15) is 0 Å². The van der Waals surface area contributed by atoms with Crippen LogP contribution in [-0.4, -0.2) is 58.4 Å². The second-order valence-corrected chi connectivity index (χ2v) is 10.4. The number of piperidine rings is 1. The monoisotopic (exact) mass is 497 g/mol. The molecule has 2 aliphatic rings. The van der Waals surface area contributed by atoms with Gasteiger partial charge in [0.05, 0.1) is 29.3 Å². The van der Waals surface area contributed by atoms with E-state index in [1.54, 1.807) is 6.20 Å². The van der Waals surface area contributed by atoms with Gasteiger partial charge in [0.25, 0.3) is 5.91 Å². The number of nitrogens with zero attached hydrogens (tertiary/aromatic N) is 3. The summed E-state index contributed by atoms with van der Waals surface area (Å²) in [4.78, 5) is 36.2. The van der Waals surface area contributed by atoms with E-state index < -0.39 is 0 Å². The van der Waals surface area contributed by atoms with Crippen molar-refractivity contribution in [2.45, 2.75) is 45.4 Å². The molecular weight excluding hydrogens is 462 g/mol. The fraction of sp³-hybridized carbons (Fsp3) is 0.387. The number of carbonyl (C=O) groups is 2. The van der Waals surface area contributed by atoms with Crippen molar-refractivity contribution in [3.8, 4) is 11.3 Å². The molecule has 1 aromatic heterocycles. The second kappa shape index (κ2) is 11.3. The van der Waals surface area contributed by atoms with E-state index in [1.165, 1.54) is 0 Å². The fourth-order valence-corrected chi connectivity index (χ4v) is 5.71. The summed E-state index contributed by atoms with van der Waals surface area (Å²) in [5.41, 5.74) is 3.32. The Labute approximate surface area is 219 Å². The van der Waals surface area contributed by atoms with Crippen LogP contribution >= 0.6 is 0 Å². The molecule has 0 aliphatic carbocycles. The Hall–Kier alpha value is -3.51. The molecule has 0 radical (unpaired) electrons. The van der Waals surface area contributed by atoms with Crippen LogP contribution in [-0.2, 0) is 16.1 Å². The minimum Gasteiger partial charge on any atom is -0.375 e. The molecule has 3 aromatic rings. The first-order valence-electron chi connectivity index (χ1n) is 13.3. The molecular formula is C31H35N3O3. The number of fused-ring (bicyclic) bond motifs is 1. The lowest BCUT2D eigenvalue weighted by Crippen LogP contribution is -2.56. The maximum Gasteiger partial charge on any atom is 0.256 e. The van der Waals surface area contributed by atoms with Crippen molar-refractivity contribution in [3.05, 3.63) is 90.1 Å². The molecule has 0 spiro atoms. The van der Waals surface area contributed by atoms with E-state index in [1.807, 2.05) is 70.5 Å². The van der Waals surface area contributed by atoms with E-state index in [0.717, 1.165) is 17.5 Å². The Morgan fingerprint density at radius 2 is 1.73 bits per heavy atom. The van der Waals surface area contributed by atoms with E-state index in [4.69, 9.17) is 4.74 Å². The number of likely N-dealkylation sites (tertiary alicyclic amines) is 1. The molecule has 0 N–H and O–H groups in total. The molecule has 0 saturated carbocycles. The molecule has 0 bridgehead atoms. The van der Waals surface area contributed by atoms with E-state index in [9.17, 15) is 9.59 Å². The third-order valence-corrected chi connectivity index (χ3v) is 7.36. The van der Waals surface area contributed by atoms with Crippen LogP contribution in [0.25, 0.3) is 11.3 Å². The topological polar surface area (TPSA) is 62.7 Å². The summed E-state index contributed by atoms with van der Waals surface area (Å²) in [6, 6.07) is 23.5. The van der Waals surface area contributed by atoms with E-state index in [-0.39, 0.29) is 29.9 Å². The van der Waals surface area contributed by atoms with E-state index >= 15 is 0 Å². The van der Waals surface area contributed by atoms with E-state index in [0.29, 0.717) is 49.8 Å². The third-order valence-electron chi connectivity index (χ3n) is 7.36. The Bertz CT molecular complexity index is 1210. The first kappa shape index (κ1) is 25.2. The van der Waals surface area contributed by atoms with Crippen molar-refractivity contribution in [2.75, 3.05) is 19.7 Å². The number of amides is 2. The van der Waals surface area contributed by atoms with Gasteiger partial charge in [-0.2, -0.15) is 0 Å². The van der Waals surface area contributed by atoms with Gasteiger partial charge in [0.15, 0.2) is 0 Å². The normalized spacial score (nSPS) is 21.1. The molecule has 3 atom stereocenters. The number of hydrogen-bond acceptors (Lipinski definition) is 4. The largest absolute Gasteiger partial charge is 0.375 e. The first-order chi connectivity index (χ1) is 18.0. The summed E-state index contributed by atoms with van der Waals surface area (Å²) in [5.74, 6) is 0.202. The van der Waals surface area contributed by atoms with Gasteiger partial charge in [-0.25, -0.2) is 0 Å². The SMILES string of the molecule is CC(C)CN(Cc1ccccc1)C(=O)[C@@H]1CCN(C(=O)c2cccnc2-c2ccccc2)[C@@H]2CCO[C@@H]21. The first-order valence-corrected chi connectivity index (χ1v) is 13.3. The average Bonchev–Trinajstić information content (AvgIpc) is 3.42. The molecule has 37 heavy (non-hydrogen) atoms. The fourth-order valence-electron chi connectivity index (χ4n) is 5.71. The highest BCUT2D eigenvalue weighted by atomic mass is 16.5. The van der Waals surface area contributed by atoms with Gasteiger partial charge in [-0.1, -0.05) is 74.5 Å². The maximum absolute atomic E-state index is 13.9. The van der Waals surface area contributed by atoms with Gasteiger partial charge in [-0.05, 0) is 36.5 Å². The summed E-state index contributed by atoms with van der Waals surface area (Å²) in [6.07, 6.45) is 2.77. The van der Waals surface area contributed by atoms with Crippen LogP contribution in [0.3, 0.4) is 0 Å². The van der Waals surface area contributed by atoms with Crippen molar-refractivity contribution in [2.24, 2.45) is 11.8 Å². The van der Waals surface area contributed by atoms with Crippen LogP contribution in [0, 0.1) is 11.8 Å². The molecule has 5 rings (SSSR count). The molecule has 2 aliphatic heterocycles. The lowest BCUT2D eigenvalue weighted by Gasteiger charge is -2.42. The van der Waals surface area contributed by atoms with Crippen LogP contribution in [0.2, 0.25) is 0 Å². The number of pyridine rings is 1. The summed E-state index contributed by atoms with van der Waals surface area (Å²) in [6.45, 7) is 6.65. The Morgan fingerprint density at radius 3 is 2.46 bits per heavy atom. The third kappa shape index (κ3) is 5.44. The Balaban J connectivity index is 1.37. The summed E-state index contributed by atoms with van der Waals surface area (Å²) < 4.78 is 6.17. The van der Waals surface area contributed by atoms with Crippen LogP contribution in [0.4, 0.5) is 0 Å². The maximum atomic E-state index is 13.9. The molecule has 6 nitrogen and oxygen atoms in total. The zero-order valence-electron chi connectivity index (χ0n) is 21.6. The lowest BCUT2D eigenvalue weighted by atomic mass is 9.85. The lowest BCUT2D eigenvalue weighted by molar-refractivity contribution is -0.144. The van der Waals surface area contributed by atoms with Crippen LogP contribution in [0.5, 0.6) is 0 Å². The van der Waals surface area contributed by atoms with Gasteiger partial charge in [-0.3, -0.25) is 14.6 Å². The van der Waals surface area contributed by atoms with Crippen molar-refractivity contribution in [1.29, 1.82) is 0 Å². The molecule has 6 heteroatoms. The number of ether oxygens (including phenoxy) is 1. The van der Waals surface area contributed by atoms with Crippen molar-refractivity contribution < 1.29 is 14.3 Å². The second-order valence-electron chi connectivity index (χ2n) is 10.4. The number of benzene rings is 2. The Morgan fingerprint density at radius 1 is 1.00 bits per heavy atom. The predicted octanol–water partition coefficient (Wildman–Crippen LogP) is 5.05. The van der Waals surface area contributed by atoms with E-state index in [2.05, 4.69) is 31.0 Å². The van der Waals surface area contributed by atoms with Gasteiger partial charge in [-0.15, -0.1) is 0 Å². The quantitative estimate of drug-likeness (QED) is 0.458. The molecule has 2 saturated heterocycles. The minimum absolute atomic E-state index is 0.0401. The average molecular weight is 498 g/mol. The van der Waals surface area contributed by atoms with Gasteiger partial charge in [0, 0.05) is 38.0 Å². The van der Waals surface area contributed by atoms with Crippen molar-refractivity contribution in [3.63, 3.8) is 0 Å². The highest BCUT2D eigenvalue weighted by Crippen LogP contribution is 2.36. The van der Waals surface area contributed by atoms with Gasteiger partial charge >= 0.3 is 0 Å². The molecule has 2 fully saturated rings. The number of rotatable bonds is 7. The summed E-state index contributed by atoms with van der Waals surface area (Å²) in [5, 5.41) is 0. The summed E-state index contributed by atoms with van der Waals surface area (Å²) >= 11 is 0. The Kier molecular flexibility index (Phi) is 7.65. The molecule has 2 amide bonds. The highest BCUT2D eigenvalue weighted by molar-refractivity contribution is 6.00. The van der Waals surface area contributed by atoms with Crippen LogP contribution < -0.4 is 0 Å². The minimum atomic E-state index is -0.285. The van der Waals surface area contributed by atoms with Crippen molar-refractivity contribution >= 4 is 11.8 Å². The molecule has 192 valence electrons. The smallest absolute Gasteiger partial charge is 0.256 e. The zero-order valence-corrected chi connectivity index (χ0v) is 21.6. The molecule has 2 aromatic carbocycles. The van der Waals surface area contributed by atoms with Crippen LogP contribution in [0.15, 0.2) is 79.0 Å². The van der Waals surface area contributed by atoms with Crippen LogP contribution in [0.1, 0.15) is 42.6 Å². The summed E-state index contributed by atoms with van der Waals surface area (Å²) in [7, 11) is 0. The van der Waals surface area contributed by atoms with Gasteiger partial charge in [0.2, 0.25) is 5.91 Å². The predicted molar refractivity (Wildman–Crippen MR) is 144 cm³/mol. The molecule has 3 heterocycles. The van der Waals surface area contributed by atoms with Crippen molar-refractivity contribution in [1.82, 2.24) is 14.8 Å². The number of carbonyl (C=O) groups excluding carboxylic acids is 2.